The van der Waals surface area contributed by atoms with Crippen molar-refractivity contribution < 1.29 is 27.3 Å². The summed E-state index contributed by atoms with van der Waals surface area (Å²) in [4.78, 5) is 0. The number of halogens is 2. The Kier molecular flexibility index (Phi) is 11.5. The summed E-state index contributed by atoms with van der Waals surface area (Å²) >= 11 is 6.79. The Labute approximate surface area is 130 Å². The molecule has 0 fully saturated rings. The minimum atomic E-state index is 0. The zero-order valence-electron chi connectivity index (χ0n) is 9.12. The largest absolute Gasteiger partial charge is 2.00 e. The molecule has 0 aromatic carbocycles. The van der Waals surface area contributed by atoms with E-state index in [0.717, 1.165) is 12.8 Å². The van der Waals surface area contributed by atoms with E-state index in [1.807, 2.05) is 0 Å². The minimum Gasteiger partial charge on any atom is -0.486 e. The molecule has 0 bridgehead atoms. The molecule has 0 amide bonds. The van der Waals surface area contributed by atoms with Crippen molar-refractivity contribution in [1.29, 1.82) is 0 Å². The van der Waals surface area contributed by atoms with E-state index in [9.17, 15) is 0 Å². The van der Waals surface area contributed by atoms with E-state index >= 15 is 0 Å². The summed E-state index contributed by atoms with van der Waals surface area (Å²) in [6.45, 7) is 0. The summed E-state index contributed by atoms with van der Waals surface area (Å²) in [5.74, 6) is 0. The second-order valence-corrected chi connectivity index (χ2v) is 5.49. The van der Waals surface area contributed by atoms with Crippen LogP contribution in [0.25, 0.3) is 0 Å². The fourth-order valence-electron chi connectivity index (χ4n) is 1.44. The fourth-order valence-corrected chi connectivity index (χ4v) is 2.39. The number of hydrogen-bond donors (Lipinski definition) is 0. The summed E-state index contributed by atoms with van der Waals surface area (Å²) in [7, 11) is 0. The van der Waals surface area contributed by atoms with Gasteiger partial charge in [-0.15, -0.1) is 0 Å². The first kappa shape index (κ1) is 16.4. The molecule has 15 heavy (non-hydrogen) atoms. The maximum atomic E-state index is 3.39. The van der Waals surface area contributed by atoms with Crippen LogP contribution >= 0.6 is 31.9 Å². The predicted octanol–water partition coefficient (Wildman–Crippen LogP) is 5.28. The molecule has 0 saturated heterocycles. The molecule has 0 spiro atoms. The van der Waals surface area contributed by atoms with Gasteiger partial charge in [0.1, 0.15) is 0 Å². The SMILES string of the molecule is BrC1=[C-]CCCC1.BrC1=[C-]CCCC1.[Cd+2]. The van der Waals surface area contributed by atoms with Crippen LogP contribution in [0.5, 0.6) is 0 Å². The molecule has 2 aliphatic rings. The van der Waals surface area contributed by atoms with Crippen LogP contribution in [0.3, 0.4) is 0 Å². The quantitative estimate of drug-likeness (QED) is 0.361. The fraction of sp³-hybridized carbons (Fsp3) is 0.667. The summed E-state index contributed by atoms with van der Waals surface area (Å²) < 4.78 is 2.55. The molecule has 0 atom stereocenters. The van der Waals surface area contributed by atoms with E-state index in [2.05, 4.69) is 44.0 Å². The van der Waals surface area contributed by atoms with Crippen LogP contribution in [-0.2, 0) is 27.3 Å². The number of rotatable bonds is 0. The maximum absolute atomic E-state index is 3.39. The zero-order chi connectivity index (χ0) is 10.2. The van der Waals surface area contributed by atoms with Crippen LogP contribution in [0.4, 0.5) is 0 Å². The third kappa shape index (κ3) is 9.10. The van der Waals surface area contributed by atoms with Gasteiger partial charge in [0.05, 0.1) is 0 Å². The molecule has 0 radical (unpaired) electrons. The molecule has 80 valence electrons. The van der Waals surface area contributed by atoms with Crippen molar-refractivity contribution in [1.82, 2.24) is 0 Å². The third-order valence-corrected chi connectivity index (χ3v) is 3.63. The van der Waals surface area contributed by atoms with Crippen LogP contribution in [-0.4, -0.2) is 0 Å². The smallest absolute Gasteiger partial charge is 0.486 e. The second kappa shape index (κ2) is 10.5. The van der Waals surface area contributed by atoms with Crippen molar-refractivity contribution in [3.63, 3.8) is 0 Å². The molecule has 0 unspecified atom stereocenters. The van der Waals surface area contributed by atoms with E-state index < -0.39 is 0 Å². The van der Waals surface area contributed by atoms with Crippen molar-refractivity contribution in [2.45, 2.75) is 51.4 Å². The van der Waals surface area contributed by atoms with Gasteiger partial charge in [-0.1, -0.05) is 70.4 Å². The molecule has 0 nitrogen and oxygen atoms in total. The zero-order valence-corrected chi connectivity index (χ0v) is 16.3. The first-order valence-corrected chi connectivity index (χ1v) is 6.88. The standard InChI is InChI=1S/2C6H8Br.Cd/c2*7-6-4-2-1-3-5-6;/h2*1-4H2;/q2*-1;+2. The first-order chi connectivity index (χ1) is 6.79. The van der Waals surface area contributed by atoms with Gasteiger partial charge in [-0.2, -0.15) is 21.8 Å². The molecule has 0 aliphatic heterocycles. The molecular weight excluding hydrogens is 416 g/mol. The van der Waals surface area contributed by atoms with Crippen LogP contribution in [0.2, 0.25) is 0 Å². The van der Waals surface area contributed by atoms with Crippen molar-refractivity contribution >= 4 is 31.9 Å². The average Bonchev–Trinajstić information content (AvgIpc) is 2.21. The van der Waals surface area contributed by atoms with Crippen molar-refractivity contribution in [3.05, 3.63) is 21.1 Å². The molecule has 0 aromatic heterocycles. The predicted molar refractivity (Wildman–Crippen MR) is 68.3 cm³/mol. The molecule has 0 heterocycles. The molecule has 0 saturated carbocycles. The Morgan fingerprint density at radius 3 is 1.27 bits per heavy atom. The maximum Gasteiger partial charge on any atom is 2.00 e. The molecule has 2 rings (SSSR count). The van der Waals surface area contributed by atoms with Crippen molar-refractivity contribution in [3.8, 4) is 0 Å². The van der Waals surface area contributed by atoms with E-state index in [1.54, 1.807) is 0 Å². The van der Waals surface area contributed by atoms with E-state index in [1.165, 1.54) is 47.5 Å². The summed E-state index contributed by atoms with van der Waals surface area (Å²) in [5.41, 5.74) is 0. The van der Waals surface area contributed by atoms with Gasteiger partial charge in [0.25, 0.3) is 0 Å². The summed E-state index contributed by atoms with van der Waals surface area (Å²) in [6, 6.07) is 0. The molecular formula is C12H16Br2Cd. The van der Waals surface area contributed by atoms with Gasteiger partial charge in [0, 0.05) is 0 Å². The molecule has 0 N–H and O–H groups in total. The Morgan fingerprint density at radius 2 is 1.13 bits per heavy atom. The number of hydrogen-bond acceptors (Lipinski definition) is 0. The van der Waals surface area contributed by atoms with E-state index in [0.29, 0.717) is 0 Å². The molecule has 0 aromatic rings. The van der Waals surface area contributed by atoms with Gasteiger partial charge in [-0.3, -0.25) is 0 Å². The van der Waals surface area contributed by atoms with Crippen molar-refractivity contribution in [2.75, 3.05) is 0 Å². The molecule has 2 aliphatic carbocycles. The topological polar surface area (TPSA) is 0 Å². The van der Waals surface area contributed by atoms with Crippen LogP contribution < -0.4 is 0 Å². The van der Waals surface area contributed by atoms with E-state index in [4.69, 9.17) is 0 Å². The van der Waals surface area contributed by atoms with E-state index in [-0.39, 0.29) is 27.3 Å². The Bertz CT molecular complexity index is 198. The Hall–Kier alpha value is 1.36. The Balaban J connectivity index is 0.000000245. The van der Waals surface area contributed by atoms with Gasteiger partial charge in [0.2, 0.25) is 0 Å². The first-order valence-electron chi connectivity index (χ1n) is 5.29. The van der Waals surface area contributed by atoms with Crippen molar-refractivity contribution in [2.24, 2.45) is 0 Å². The minimum absolute atomic E-state index is 0. The molecule has 3 heteroatoms. The third-order valence-electron chi connectivity index (χ3n) is 2.28. The number of allylic oxidation sites excluding steroid dienone is 4. The summed E-state index contributed by atoms with van der Waals surface area (Å²) in [6.07, 6.45) is 16.5. The van der Waals surface area contributed by atoms with Gasteiger partial charge in [0.15, 0.2) is 0 Å². The van der Waals surface area contributed by atoms with Gasteiger partial charge >= 0.3 is 27.3 Å². The van der Waals surface area contributed by atoms with Crippen LogP contribution in [0, 0.1) is 12.2 Å². The second-order valence-electron chi connectivity index (χ2n) is 3.58. The monoisotopic (exact) mass is 432 g/mol. The Morgan fingerprint density at radius 1 is 0.733 bits per heavy atom. The van der Waals surface area contributed by atoms with Crippen LogP contribution in [0.15, 0.2) is 8.96 Å². The van der Waals surface area contributed by atoms with Gasteiger partial charge in [-0.25, -0.2) is 0 Å². The summed E-state index contributed by atoms with van der Waals surface area (Å²) in [5, 5.41) is 0. The van der Waals surface area contributed by atoms with Gasteiger partial charge < -0.3 is 12.2 Å². The normalized spacial score (nSPS) is 20.1. The van der Waals surface area contributed by atoms with Crippen LogP contribution in [0.1, 0.15) is 51.4 Å². The van der Waals surface area contributed by atoms with Gasteiger partial charge in [-0.05, 0) is 0 Å². The average molecular weight is 432 g/mol.